The topological polar surface area (TPSA) is 1200 Å². The predicted molar refractivity (Wildman–Crippen MR) is 380 cm³/mol. The van der Waals surface area contributed by atoms with E-state index >= 15 is 0 Å². The van der Waals surface area contributed by atoms with Gasteiger partial charge in [0.1, 0.15) is 28.7 Å². The zero-order valence-corrected chi connectivity index (χ0v) is 77.5. The minimum atomic E-state index is -1.31. The average Bonchev–Trinajstić information content (AvgIpc) is 3.40. The van der Waals surface area contributed by atoms with E-state index in [1.165, 1.54) is 64.8 Å². The summed E-state index contributed by atoms with van der Waals surface area (Å²) < 4.78 is 0. The molecule has 62 N–H and O–H groups in total. The van der Waals surface area contributed by atoms with E-state index in [-0.39, 0.29) is 334 Å². The molecule has 0 saturated heterocycles. The number of aliphatic hydroxyl groups excluding tert-OH is 4. The standard InChI is InChI=1S/2C7H6O3.C6H14N2.2C4H6O4.3C4H8O3.C3H6O3.C2H8N2.2C2H6.2H3N.16H2N.8Pt/c2*8-6-4-2-1-3-5(6)7(9)10;7-5-3-1-2-4-6(5)8;2*1-2(3(5)6)4(7)8;3*1-3(2-5)4(6)7;1-2(4)3(5)6;3-1-2-4;2*1-2;;;;;;;;;;;;;;;;;;;;;;;;;;/h2*1-4,8H,(H,9,10);5-6H,1-4,7-8H2;2*2H,1H3,(H,5,6)(H,7,8);3*3,5H,2H2,1H3,(H,6,7);2,4H,1H3,(H,5,6);1-4H2;2*1-2H3;2*1H3;16*1H2;;;;;;;;/q;;;;;;;;;;;;;;16*-1;8*+2. The molecular formula is C49H126N22O26Pt8. The van der Waals surface area contributed by atoms with Crippen LogP contribution in [-0.2, 0) is 207 Å². The maximum Gasteiger partial charge on any atom is 2.00 e. The molecule has 0 amide bonds. The number of aliphatic hydroxyl groups is 4. The average molecular weight is 3000 g/mol. The number of carboxylic acid groups (broad SMARTS) is 10. The molecule has 0 aromatic heterocycles. The quantitative estimate of drug-likeness (QED) is 0.0781. The zero-order valence-electron chi connectivity index (χ0n) is 59.3. The van der Waals surface area contributed by atoms with Gasteiger partial charge in [0, 0.05) is 25.2 Å². The summed E-state index contributed by atoms with van der Waals surface area (Å²) in [7, 11) is 0. The number of phenols is 2. The van der Waals surface area contributed by atoms with Gasteiger partial charge in [0.05, 0.1) is 37.6 Å². The number of hydrogen-bond donors (Lipinski definition) is 22. The number of aromatic hydroxyl groups is 2. The number of rotatable bonds is 14. The Labute approximate surface area is 731 Å². The van der Waals surface area contributed by atoms with Crippen molar-refractivity contribution < 1.29 is 298 Å². The summed E-state index contributed by atoms with van der Waals surface area (Å²) in [6.07, 6.45) is 3.57. The molecule has 0 bridgehead atoms. The van der Waals surface area contributed by atoms with Gasteiger partial charge >= 0.3 is 228 Å². The third-order valence-electron chi connectivity index (χ3n) is 8.24. The smallest absolute Gasteiger partial charge is 0.693 e. The second-order valence-electron chi connectivity index (χ2n) is 14.9. The van der Waals surface area contributed by atoms with Crippen molar-refractivity contribution in [2.75, 3.05) is 32.9 Å². The Bertz CT molecular complexity index is 1870. The Morgan fingerprint density at radius 3 is 0.562 bits per heavy atom. The summed E-state index contributed by atoms with van der Waals surface area (Å²) in [5.74, 6) is -16.4. The van der Waals surface area contributed by atoms with Crippen LogP contribution in [0.4, 0.5) is 0 Å². The molecule has 1 aliphatic carbocycles. The fourth-order valence-corrected chi connectivity index (χ4v) is 2.94. The molecular weight excluding hydrogens is 2870 g/mol. The Morgan fingerprint density at radius 2 is 0.505 bits per heavy atom. The van der Waals surface area contributed by atoms with Gasteiger partial charge < -0.3 is 215 Å². The first-order valence-electron chi connectivity index (χ1n) is 23.7. The van der Waals surface area contributed by atoms with Crippen LogP contribution in [0.5, 0.6) is 11.5 Å². The fraction of sp³-hybridized carbons (Fsp3) is 0.551. The number of carbonyl (C=O) groups is 10. The number of aliphatic carboxylic acids is 8. The van der Waals surface area contributed by atoms with Crippen molar-refractivity contribution in [2.24, 2.45) is 52.5 Å². The number of nitrogens with two attached hydrogens (primary N) is 20. The van der Waals surface area contributed by atoms with Crippen LogP contribution in [0.2, 0.25) is 0 Å². The molecule has 0 heterocycles. The molecule has 668 valence electrons. The Kier molecular flexibility index (Phi) is 349. The normalized spacial score (nSPS) is 10.1. The number of hydrogen-bond acceptors (Lipinski definition) is 22. The zero-order chi connectivity index (χ0) is 64.7. The molecule has 56 heteroatoms. The monoisotopic (exact) mass is 3000 g/mol. The largest absolute Gasteiger partial charge is 2.00 e. The van der Waals surface area contributed by atoms with Gasteiger partial charge in [-0.3, -0.25) is 33.6 Å². The third kappa shape index (κ3) is 167. The summed E-state index contributed by atoms with van der Waals surface area (Å²) >= 11 is 0. The number of aromatic carboxylic acids is 2. The summed E-state index contributed by atoms with van der Waals surface area (Å²) in [4.78, 5) is 98.3. The molecule has 2 aromatic carbocycles. The molecule has 0 aliphatic heterocycles. The first kappa shape index (κ1) is 232. The molecule has 6 atom stereocenters. The molecule has 1 saturated carbocycles. The van der Waals surface area contributed by atoms with E-state index in [4.69, 9.17) is 105 Å². The molecule has 105 heavy (non-hydrogen) atoms. The van der Waals surface area contributed by atoms with E-state index in [2.05, 4.69) is 0 Å². The molecule has 6 unspecified atom stereocenters. The van der Waals surface area contributed by atoms with E-state index in [0.29, 0.717) is 13.1 Å². The second kappa shape index (κ2) is 158. The van der Waals surface area contributed by atoms with Crippen LogP contribution >= 0.6 is 0 Å². The van der Waals surface area contributed by atoms with Crippen LogP contribution < -0.4 is 35.2 Å². The Morgan fingerprint density at radius 1 is 0.352 bits per heavy atom. The van der Waals surface area contributed by atoms with Gasteiger partial charge in [0.25, 0.3) is 0 Å². The molecule has 1 aliphatic rings. The predicted octanol–water partition coefficient (Wildman–Crippen LogP) is 13.3. The molecule has 3 rings (SSSR count). The summed E-state index contributed by atoms with van der Waals surface area (Å²) in [6.45, 7) is 16.1. The van der Waals surface area contributed by atoms with Crippen LogP contribution in [-0.4, -0.2) is 192 Å². The maximum absolute atomic E-state index is 10.3. The van der Waals surface area contributed by atoms with Crippen molar-refractivity contribution in [1.82, 2.24) is 12.3 Å². The van der Waals surface area contributed by atoms with E-state index < -0.39 is 95.4 Å². The van der Waals surface area contributed by atoms with Gasteiger partial charge in [-0.1, -0.05) is 64.8 Å². The summed E-state index contributed by atoms with van der Waals surface area (Å²) in [5, 5.41) is 131. The van der Waals surface area contributed by atoms with E-state index in [9.17, 15) is 47.9 Å². The van der Waals surface area contributed by atoms with Crippen LogP contribution in [0.1, 0.15) is 116 Å². The Balaban J connectivity index is -0.0000000153. The van der Waals surface area contributed by atoms with Crippen LogP contribution in [0.3, 0.4) is 0 Å². The van der Waals surface area contributed by atoms with Crippen molar-refractivity contribution in [3.8, 4) is 11.5 Å². The van der Waals surface area contributed by atoms with Gasteiger partial charge in [-0.05, 0) is 78.6 Å². The van der Waals surface area contributed by atoms with Crippen molar-refractivity contribution in [1.29, 1.82) is 0 Å². The fourth-order valence-electron chi connectivity index (χ4n) is 2.94. The van der Waals surface area contributed by atoms with Gasteiger partial charge in [-0.15, -0.1) is 0 Å². The van der Waals surface area contributed by atoms with Crippen LogP contribution in [0.15, 0.2) is 48.5 Å². The van der Waals surface area contributed by atoms with Crippen molar-refractivity contribution in [3.63, 3.8) is 0 Å². The second-order valence-corrected chi connectivity index (χ2v) is 14.9. The van der Waals surface area contributed by atoms with Gasteiger partial charge in [0.2, 0.25) is 0 Å². The SMILES string of the molecule is CC.CC.CC(C(=O)O)C(=O)O.CC(C(=O)O)C(=O)O.CC(CO)C(=O)O.CC(CO)C(=O)O.CC(CO)C(=O)O.CC(O)C(=O)O.N.N.NC1CCCCC1N.NCCN.O=C(O)c1ccccc1O.O=C(O)c1ccccc1O.[NH2-].[NH2-].[NH2-].[NH2-].[NH2-].[NH2-].[NH2-].[NH2-].[NH2-].[NH2-].[NH2-].[NH2-].[NH2-].[NH2-].[NH2-].[NH2-].[Pt+2].[Pt+2].[Pt+2].[Pt+2].[Pt+2].[Pt+2].[Pt+2].[Pt+2]. The maximum atomic E-state index is 10.3. The minimum Gasteiger partial charge on any atom is -0.693 e. The molecule has 1 fully saturated rings. The summed E-state index contributed by atoms with van der Waals surface area (Å²) in [6, 6.07) is 12.2. The first-order chi connectivity index (χ1) is 36.4. The number of benzene rings is 2. The van der Waals surface area contributed by atoms with E-state index in [0.717, 1.165) is 26.7 Å². The van der Waals surface area contributed by atoms with Gasteiger partial charge in [-0.25, -0.2) is 14.4 Å². The number of carboxylic acids is 10. The molecule has 0 radical (unpaired) electrons. The molecule has 48 nitrogen and oxygen atoms in total. The first-order valence-corrected chi connectivity index (χ1v) is 23.7. The van der Waals surface area contributed by atoms with Crippen LogP contribution in [0.25, 0.3) is 98.4 Å². The van der Waals surface area contributed by atoms with Gasteiger partial charge in [-0.2, -0.15) is 0 Å². The van der Waals surface area contributed by atoms with E-state index in [1.807, 2.05) is 27.7 Å². The van der Waals surface area contributed by atoms with E-state index in [1.54, 1.807) is 24.3 Å². The van der Waals surface area contributed by atoms with Crippen LogP contribution in [0, 0.1) is 29.6 Å². The number of para-hydroxylation sites is 2. The Hall–Kier alpha value is -2.79. The summed E-state index contributed by atoms with van der Waals surface area (Å²) in [5.41, 5.74) is 21.0. The third-order valence-corrected chi connectivity index (χ3v) is 8.24. The molecule has 0 spiro atoms. The molecule has 2 aromatic rings. The van der Waals surface area contributed by atoms with Gasteiger partial charge in [0.15, 0.2) is 11.8 Å². The van der Waals surface area contributed by atoms with Crippen molar-refractivity contribution >= 4 is 59.7 Å². The van der Waals surface area contributed by atoms with Crippen molar-refractivity contribution in [3.05, 3.63) is 158 Å². The minimum absolute atomic E-state index is 0. The van der Waals surface area contributed by atoms with Crippen molar-refractivity contribution in [2.45, 2.75) is 113 Å².